The van der Waals surface area contributed by atoms with E-state index in [1.807, 2.05) is 0 Å². The number of nitrogens with zero attached hydrogens (tertiary/aromatic N) is 2. The van der Waals surface area contributed by atoms with E-state index in [-0.39, 0.29) is 11.9 Å². The van der Waals surface area contributed by atoms with Crippen LogP contribution in [0.2, 0.25) is 0 Å². The number of furan rings is 1. The largest absolute Gasteiger partial charge is 0.496 e. The van der Waals surface area contributed by atoms with E-state index in [1.54, 1.807) is 36.4 Å². The van der Waals surface area contributed by atoms with Gasteiger partial charge in [0, 0.05) is 0 Å². The summed E-state index contributed by atoms with van der Waals surface area (Å²) >= 11 is 3.18. The number of anilines is 1. The van der Waals surface area contributed by atoms with Gasteiger partial charge in [-0.1, -0.05) is 17.2 Å². The topological polar surface area (TPSA) is 90.4 Å². The summed E-state index contributed by atoms with van der Waals surface area (Å²) in [5.41, 5.74) is 0.366. The van der Waals surface area contributed by atoms with E-state index in [4.69, 9.17) is 13.6 Å². The first-order chi connectivity index (χ1) is 10.7. The van der Waals surface area contributed by atoms with E-state index in [2.05, 4.69) is 31.4 Å². The Morgan fingerprint density at radius 2 is 2.00 bits per heavy atom. The third kappa shape index (κ3) is 2.86. The van der Waals surface area contributed by atoms with Crippen LogP contribution in [0.3, 0.4) is 0 Å². The Bertz CT molecular complexity index is 812. The van der Waals surface area contributed by atoms with Crippen molar-refractivity contribution in [3.05, 3.63) is 46.6 Å². The average molecular weight is 364 g/mol. The predicted molar refractivity (Wildman–Crippen MR) is 80.6 cm³/mol. The molecule has 2 heterocycles. The van der Waals surface area contributed by atoms with Gasteiger partial charge in [0.25, 0.3) is 11.8 Å². The van der Waals surface area contributed by atoms with Gasteiger partial charge in [-0.3, -0.25) is 10.1 Å². The highest BCUT2D eigenvalue weighted by molar-refractivity contribution is 9.10. The maximum Gasteiger partial charge on any atom is 0.322 e. The van der Waals surface area contributed by atoms with Crippen molar-refractivity contribution in [1.29, 1.82) is 0 Å². The fourth-order valence-corrected chi connectivity index (χ4v) is 2.11. The lowest BCUT2D eigenvalue weighted by molar-refractivity contribution is 0.102. The van der Waals surface area contributed by atoms with Gasteiger partial charge in [-0.25, -0.2) is 0 Å². The number of benzene rings is 1. The lowest BCUT2D eigenvalue weighted by Gasteiger charge is -2.06. The monoisotopic (exact) mass is 363 g/mol. The summed E-state index contributed by atoms with van der Waals surface area (Å²) in [7, 11) is 1.49. The number of amides is 1. The highest BCUT2D eigenvalue weighted by Crippen LogP contribution is 2.25. The minimum absolute atomic E-state index is 0.0292. The first kappa shape index (κ1) is 14.3. The Hall–Kier alpha value is -2.61. The molecule has 0 radical (unpaired) electrons. The summed E-state index contributed by atoms with van der Waals surface area (Å²) in [4.78, 5) is 12.2. The van der Waals surface area contributed by atoms with Crippen LogP contribution in [0.4, 0.5) is 6.01 Å². The van der Waals surface area contributed by atoms with Crippen LogP contribution in [0, 0.1) is 0 Å². The van der Waals surface area contributed by atoms with E-state index in [0.29, 0.717) is 21.7 Å². The number of hydrogen-bond acceptors (Lipinski definition) is 6. The van der Waals surface area contributed by atoms with Gasteiger partial charge in [0.2, 0.25) is 0 Å². The van der Waals surface area contributed by atoms with Gasteiger partial charge in [-0.05, 0) is 40.2 Å². The Morgan fingerprint density at radius 3 is 2.73 bits per heavy atom. The number of ether oxygens (including phenoxy) is 1. The lowest BCUT2D eigenvalue weighted by Crippen LogP contribution is -2.13. The molecular weight excluding hydrogens is 354 g/mol. The van der Waals surface area contributed by atoms with Crippen molar-refractivity contribution in [3.63, 3.8) is 0 Å². The highest BCUT2D eigenvalue weighted by Gasteiger charge is 2.17. The van der Waals surface area contributed by atoms with Crippen LogP contribution >= 0.6 is 15.9 Å². The second-order valence-electron chi connectivity index (χ2n) is 4.17. The number of nitrogens with one attached hydrogen (secondary N) is 1. The quantitative estimate of drug-likeness (QED) is 0.764. The second kappa shape index (κ2) is 6.02. The molecule has 7 nitrogen and oxygen atoms in total. The molecule has 112 valence electrons. The van der Waals surface area contributed by atoms with Crippen molar-refractivity contribution >= 4 is 27.9 Å². The van der Waals surface area contributed by atoms with Crippen LogP contribution < -0.4 is 10.1 Å². The van der Waals surface area contributed by atoms with Crippen LogP contribution in [0.1, 0.15) is 10.4 Å². The number of carbonyl (C=O) groups excluding carboxylic acids is 1. The molecule has 0 unspecified atom stereocenters. The average Bonchev–Trinajstić information content (AvgIpc) is 3.16. The van der Waals surface area contributed by atoms with Crippen molar-refractivity contribution in [3.8, 4) is 17.4 Å². The molecule has 0 spiro atoms. The second-order valence-corrected chi connectivity index (χ2v) is 4.95. The molecule has 2 aromatic heterocycles. The number of aromatic nitrogens is 2. The molecule has 0 bridgehead atoms. The maximum atomic E-state index is 12.2. The molecule has 1 amide bonds. The van der Waals surface area contributed by atoms with Gasteiger partial charge in [0.05, 0.1) is 12.7 Å². The molecular formula is C14H10BrN3O4. The van der Waals surface area contributed by atoms with Crippen molar-refractivity contribution < 1.29 is 18.4 Å². The van der Waals surface area contributed by atoms with Gasteiger partial charge in [-0.2, -0.15) is 0 Å². The molecule has 0 saturated carbocycles. The summed E-state index contributed by atoms with van der Waals surface area (Å²) in [6.07, 6.45) is 0. The standard InChI is InChI=1S/C14H10BrN3O4/c1-20-9-5-3-2-4-8(9)12(19)16-14-18-17-13(22-14)10-6-7-11(15)21-10/h2-7H,1H3,(H,16,18,19). The van der Waals surface area contributed by atoms with E-state index in [9.17, 15) is 4.79 Å². The fraction of sp³-hybridized carbons (Fsp3) is 0.0714. The number of methoxy groups -OCH3 is 1. The van der Waals surface area contributed by atoms with Crippen molar-refractivity contribution in [2.45, 2.75) is 0 Å². The van der Waals surface area contributed by atoms with E-state index < -0.39 is 5.91 Å². The Labute approximate surface area is 133 Å². The molecule has 3 rings (SSSR count). The first-order valence-corrected chi connectivity index (χ1v) is 7.00. The number of para-hydroxylation sites is 1. The Balaban J connectivity index is 1.79. The van der Waals surface area contributed by atoms with Crippen molar-refractivity contribution in [1.82, 2.24) is 10.2 Å². The molecule has 0 aliphatic carbocycles. The third-order valence-corrected chi connectivity index (χ3v) is 3.21. The summed E-state index contributed by atoms with van der Waals surface area (Å²) in [5.74, 6) is 0.612. The van der Waals surface area contributed by atoms with Crippen molar-refractivity contribution in [2.24, 2.45) is 0 Å². The maximum absolute atomic E-state index is 12.2. The fourth-order valence-electron chi connectivity index (χ4n) is 1.80. The number of carbonyl (C=O) groups is 1. The Kier molecular flexibility index (Phi) is 3.92. The summed E-state index contributed by atoms with van der Waals surface area (Å²) in [6.45, 7) is 0. The van der Waals surface area contributed by atoms with Crippen LogP contribution in [-0.2, 0) is 0 Å². The van der Waals surface area contributed by atoms with E-state index >= 15 is 0 Å². The zero-order valence-electron chi connectivity index (χ0n) is 11.4. The van der Waals surface area contributed by atoms with Gasteiger partial charge < -0.3 is 13.6 Å². The van der Waals surface area contributed by atoms with Gasteiger partial charge >= 0.3 is 6.01 Å². The SMILES string of the molecule is COc1ccccc1C(=O)Nc1nnc(-c2ccc(Br)o2)o1. The molecule has 0 aliphatic rings. The molecule has 0 atom stereocenters. The minimum Gasteiger partial charge on any atom is -0.496 e. The molecule has 22 heavy (non-hydrogen) atoms. The molecule has 0 saturated heterocycles. The first-order valence-electron chi connectivity index (χ1n) is 6.21. The summed E-state index contributed by atoms with van der Waals surface area (Å²) in [5, 5.41) is 10.1. The van der Waals surface area contributed by atoms with Crippen LogP contribution in [0.15, 0.2) is 49.9 Å². The molecule has 3 aromatic rings. The summed E-state index contributed by atoms with van der Waals surface area (Å²) in [6, 6.07) is 10.2. The zero-order chi connectivity index (χ0) is 15.5. The molecule has 0 fully saturated rings. The highest BCUT2D eigenvalue weighted by atomic mass is 79.9. The van der Waals surface area contributed by atoms with Gasteiger partial charge in [0.15, 0.2) is 10.4 Å². The lowest BCUT2D eigenvalue weighted by atomic mass is 10.2. The molecule has 0 aliphatic heterocycles. The Morgan fingerprint density at radius 1 is 1.18 bits per heavy atom. The zero-order valence-corrected chi connectivity index (χ0v) is 13.0. The van der Waals surface area contributed by atoms with Crippen LogP contribution in [0.5, 0.6) is 5.75 Å². The smallest absolute Gasteiger partial charge is 0.322 e. The number of hydrogen-bond donors (Lipinski definition) is 1. The predicted octanol–water partition coefficient (Wildman–Crippen LogP) is 3.35. The molecule has 1 aromatic carbocycles. The molecule has 8 heteroatoms. The van der Waals surface area contributed by atoms with Crippen LogP contribution in [-0.4, -0.2) is 23.2 Å². The van der Waals surface area contributed by atoms with Gasteiger partial charge in [-0.15, -0.1) is 5.10 Å². The normalized spacial score (nSPS) is 10.5. The van der Waals surface area contributed by atoms with Gasteiger partial charge in [0.1, 0.15) is 5.75 Å². The van der Waals surface area contributed by atoms with Crippen LogP contribution in [0.25, 0.3) is 11.7 Å². The van der Waals surface area contributed by atoms with E-state index in [0.717, 1.165) is 0 Å². The number of halogens is 1. The third-order valence-electron chi connectivity index (χ3n) is 2.78. The van der Waals surface area contributed by atoms with Crippen molar-refractivity contribution in [2.75, 3.05) is 12.4 Å². The minimum atomic E-state index is -0.409. The molecule has 1 N–H and O–H groups in total. The number of rotatable bonds is 4. The van der Waals surface area contributed by atoms with E-state index in [1.165, 1.54) is 7.11 Å². The summed E-state index contributed by atoms with van der Waals surface area (Å²) < 4.78 is 16.3.